The van der Waals surface area contributed by atoms with Crippen molar-refractivity contribution in [3.63, 3.8) is 0 Å². The summed E-state index contributed by atoms with van der Waals surface area (Å²) in [6, 6.07) is 60.4. The van der Waals surface area contributed by atoms with Crippen LogP contribution in [0.15, 0.2) is 185 Å². The fourth-order valence-electron chi connectivity index (χ4n) is 7.75. The van der Waals surface area contributed by atoms with E-state index in [2.05, 4.69) is 109 Å². The molecule has 3 aromatic heterocycles. The fourth-order valence-corrected chi connectivity index (χ4v) is 7.75. The molecule has 0 aliphatic rings. The van der Waals surface area contributed by atoms with Crippen LogP contribution in [0.5, 0.6) is 0 Å². The molecule has 0 aliphatic heterocycles. The number of benzene rings is 8. The average Bonchev–Trinajstić information content (AvgIpc) is 3.82. The van der Waals surface area contributed by atoms with Gasteiger partial charge in [0, 0.05) is 43.6 Å². The van der Waals surface area contributed by atoms with E-state index < -0.39 is 0 Å². The molecular weight excluding hydrogens is 663 g/mol. The molecular formula is C49H29N3O2. The van der Waals surface area contributed by atoms with E-state index in [0.717, 1.165) is 88.0 Å². The molecule has 0 saturated carbocycles. The van der Waals surface area contributed by atoms with E-state index in [1.165, 1.54) is 5.56 Å². The van der Waals surface area contributed by atoms with Crippen LogP contribution in [0.4, 0.5) is 0 Å². The lowest BCUT2D eigenvalue weighted by Crippen LogP contribution is -2.00. The van der Waals surface area contributed by atoms with E-state index in [0.29, 0.717) is 17.5 Å². The molecule has 8 aromatic carbocycles. The normalized spacial score (nSPS) is 11.7. The molecule has 0 saturated heterocycles. The number of hydrogen-bond donors (Lipinski definition) is 0. The highest BCUT2D eigenvalue weighted by molar-refractivity contribution is 6.19. The number of para-hydroxylation sites is 1. The standard InChI is InChI=1S/C49H29N3O2/c1-3-12-30(13-4-1)34-26-27-36-41-29-40(35-16-7-8-17-37(35)46(41)54-44(36)28-34)31-22-24-33(25-23-31)48-50-47(32-14-5-2-6-15-32)51-49(52-48)39-19-11-21-43-45(39)38-18-9-10-20-42(38)53-43/h1-29H. The number of fused-ring (bicyclic) bond motifs is 8. The zero-order valence-electron chi connectivity index (χ0n) is 28.9. The van der Waals surface area contributed by atoms with Crippen LogP contribution < -0.4 is 0 Å². The molecule has 0 unspecified atom stereocenters. The average molecular weight is 692 g/mol. The predicted octanol–water partition coefficient (Wildman–Crippen LogP) is 13.2. The Bertz CT molecular complexity index is 3200. The summed E-state index contributed by atoms with van der Waals surface area (Å²) >= 11 is 0. The van der Waals surface area contributed by atoms with Crippen LogP contribution in [0, 0.1) is 0 Å². The molecule has 0 atom stereocenters. The molecule has 5 nitrogen and oxygen atoms in total. The summed E-state index contributed by atoms with van der Waals surface area (Å²) < 4.78 is 12.8. The summed E-state index contributed by atoms with van der Waals surface area (Å²) in [7, 11) is 0. The third-order valence-corrected chi connectivity index (χ3v) is 10.4. The zero-order valence-corrected chi connectivity index (χ0v) is 28.9. The minimum Gasteiger partial charge on any atom is -0.456 e. The van der Waals surface area contributed by atoms with Gasteiger partial charge in [-0.1, -0.05) is 146 Å². The minimum absolute atomic E-state index is 0.596. The summed E-state index contributed by atoms with van der Waals surface area (Å²) in [4.78, 5) is 15.2. The molecule has 0 aliphatic carbocycles. The second-order valence-electron chi connectivity index (χ2n) is 13.6. The van der Waals surface area contributed by atoms with Gasteiger partial charge in [0.15, 0.2) is 17.5 Å². The first-order valence-electron chi connectivity index (χ1n) is 18.0. The van der Waals surface area contributed by atoms with E-state index in [1.54, 1.807) is 0 Å². The molecule has 0 spiro atoms. The van der Waals surface area contributed by atoms with Crippen molar-refractivity contribution in [2.24, 2.45) is 0 Å². The lowest BCUT2D eigenvalue weighted by Gasteiger charge is -2.11. The molecule has 0 fully saturated rings. The smallest absolute Gasteiger partial charge is 0.164 e. The Balaban J connectivity index is 1.05. The second kappa shape index (κ2) is 12.1. The lowest BCUT2D eigenvalue weighted by atomic mass is 9.94. The molecule has 0 radical (unpaired) electrons. The number of rotatable bonds is 5. The van der Waals surface area contributed by atoms with Crippen molar-refractivity contribution in [3.05, 3.63) is 176 Å². The van der Waals surface area contributed by atoms with E-state index in [1.807, 2.05) is 66.7 Å². The third-order valence-electron chi connectivity index (χ3n) is 10.4. The number of aromatic nitrogens is 3. The molecule has 0 bridgehead atoms. The van der Waals surface area contributed by atoms with Gasteiger partial charge >= 0.3 is 0 Å². The van der Waals surface area contributed by atoms with E-state index in [4.69, 9.17) is 23.8 Å². The molecule has 11 aromatic rings. The van der Waals surface area contributed by atoms with Crippen LogP contribution in [0.25, 0.3) is 111 Å². The van der Waals surface area contributed by atoms with Crippen LogP contribution in [0.1, 0.15) is 0 Å². The Kier molecular flexibility index (Phi) is 6.79. The number of furan rings is 2. The van der Waals surface area contributed by atoms with E-state index >= 15 is 0 Å². The van der Waals surface area contributed by atoms with Crippen LogP contribution in [-0.4, -0.2) is 15.0 Å². The maximum atomic E-state index is 6.61. The Morgan fingerprint density at radius 3 is 1.67 bits per heavy atom. The monoisotopic (exact) mass is 691 g/mol. The zero-order chi connectivity index (χ0) is 35.6. The van der Waals surface area contributed by atoms with Gasteiger partial charge in [0.25, 0.3) is 0 Å². The Morgan fingerprint density at radius 2 is 0.889 bits per heavy atom. The van der Waals surface area contributed by atoms with E-state index in [9.17, 15) is 0 Å². The molecule has 0 amide bonds. The van der Waals surface area contributed by atoms with Crippen LogP contribution >= 0.6 is 0 Å². The van der Waals surface area contributed by atoms with Gasteiger partial charge in [0.2, 0.25) is 0 Å². The highest BCUT2D eigenvalue weighted by Crippen LogP contribution is 2.41. The van der Waals surface area contributed by atoms with Crippen LogP contribution in [0.2, 0.25) is 0 Å². The fraction of sp³-hybridized carbons (Fsp3) is 0. The largest absolute Gasteiger partial charge is 0.456 e. The Labute approximate surface area is 309 Å². The second-order valence-corrected chi connectivity index (χ2v) is 13.6. The Hall–Kier alpha value is -7.37. The van der Waals surface area contributed by atoms with Crippen molar-refractivity contribution in [1.29, 1.82) is 0 Å². The Morgan fingerprint density at radius 1 is 0.296 bits per heavy atom. The van der Waals surface area contributed by atoms with Gasteiger partial charge in [-0.2, -0.15) is 0 Å². The van der Waals surface area contributed by atoms with E-state index in [-0.39, 0.29) is 0 Å². The maximum absolute atomic E-state index is 6.61. The van der Waals surface area contributed by atoms with Crippen molar-refractivity contribution in [1.82, 2.24) is 15.0 Å². The first kappa shape index (κ1) is 30.3. The van der Waals surface area contributed by atoms with Crippen molar-refractivity contribution in [2.75, 3.05) is 0 Å². The van der Waals surface area contributed by atoms with Crippen molar-refractivity contribution in [3.8, 4) is 56.4 Å². The summed E-state index contributed by atoms with van der Waals surface area (Å²) in [6.45, 7) is 0. The lowest BCUT2D eigenvalue weighted by molar-refractivity contribution is 0.669. The molecule has 252 valence electrons. The maximum Gasteiger partial charge on any atom is 0.164 e. The van der Waals surface area contributed by atoms with Gasteiger partial charge in [-0.25, -0.2) is 15.0 Å². The van der Waals surface area contributed by atoms with Crippen LogP contribution in [0.3, 0.4) is 0 Å². The molecule has 3 heterocycles. The topological polar surface area (TPSA) is 65.0 Å². The highest BCUT2D eigenvalue weighted by atomic mass is 16.3. The van der Waals surface area contributed by atoms with Gasteiger partial charge in [-0.05, 0) is 58.0 Å². The first-order valence-corrected chi connectivity index (χ1v) is 18.0. The van der Waals surface area contributed by atoms with Crippen molar-refractivity contribution < 1.29 is 8.83 Å². The quantitative estimate of drug-likeness (QED) is 0.180. The minimum atomic E-state index is 0.596. The third kappa shape index (κ3) is 4.90. The van der Waals surface area contributed by atoms with Gasteiger partial charge in [0.1, 0.15) is 22.3 Å². The van der Waals surface area contributed by atoms with Gasteiger partial charge in [-0.3, -0.25) is 0 Å². The SMILES string of the molecule is c1ccc(-c2ccc3c(c2)oc2c4ccccc4c(-c4ccc(-c5nc(-c6ccccc6)nc(-c6cccc7oc8ccccc8c67)n5)cc4)cc32)cc1. The van der Waals surface area contributed by atoms with Gasteiger partial charge in [-0.15, -0.1) is 0 Å². The molecule has 0 N–H and O–H groups in total. The summed E-state index contributed by atoms with van der Waals surface area (Å²) in [5.41, 5.74) is 10.7. The predicted molar refractivity (Wildman–Crippen MR) is 219 cm³/mol. The van der Waals surface area contributed by atoms with Crippen molar-refractivity contribution in [2.45, 2.75) is 0 Å². The summed E-state index contributed by atoms with van der Waals surface area (Å²) in [5, 5.41) is 6.43. The van der Waals surface area contributed by atoms with Crippen molar-refractivity contribution >= 4 is 54.6 Å². The molecule has 54 heavy (non-hydrogen) atoms. The number of hydrogen-bond acceptors (Lipinski definition) is 5. The highest BCUT2D eigenvalue weighted by Gasteiger charge is 2.19. The molecule has 11 rings (SSSR count). The summed E-state index contributed by atoms with van der Waals surface area (Å²) in [5.74, 6) is 1.81. The summed E-state index contributed by atoms with van der Waals surface area (Å²) in [6.07, 6.45) is 0. The van der Waals surface area contributed by atoms with Crippen LogP contribution in [-0.2, 0) is 0 Å². The first-order chi connectivity index (χ1) is 26.7. The molecule has 5 heteroatoms. The number of nitrogens with zero attached hydrogens (tertiary/aromatic N) is 3. The van der Waals surface area contributed by atoms with Gasteiger partial charge in [0.05, 0.1) is 0 Å². The van der Waals surface area contributed by atoms with Gasteiger partial charge < -0.3 is 8.83 Å².